The van der Waals surface area contributed by atoms with E-state index in [1.807, 2.05) is 13.0 Å². The summed E-state index contributed by atoms with van der Waals surface area (Å²) in [5, 5.41) is 0. The fraction of sp³-hybridized carbons (Fsp3) is 0.125. The summed E-state index contributed by atoms with van der Waals surface area (Å²) in [4.78, 5) is 3.78. The van der Waals surface area contributed by atoms with Crippen LogP contribution < -0.4 is 5.73 Å². The van der Waals surface area contributed by atoms with Gasteiger partial charge in [-0.2, -0.15) is 0 Å². The van der Waals surface area contributed by atoms with Crippen molar-refractivity contribution in [2.24, 2.45) is 0 Å². The lowest BCUT2D eigenvalue weighted by molar-refractivity contribution is 0.515. The van der Waals surface area contributed by atoms with Gasteiger partial charge in [0, 0.05) is 0 Å². The third kappa shape index (κ3) is 1.47. The van der Waals surface area contributed by atoms with Crippen molar-refractivity contribution < 1.29 is 8.83 Å². The second-order valence-corrected chi connectivity index (χ2v) is 3.41. The van der Waals surface area contributed by atoms with Gasteiger partial charge in [-0.1, -0.05) is 0 Å². The summed E-state index contributed by atoms with van der Waals surface area (Å²) in [6, 6.07) is 2.00. The minimum absolute atomic E-state index is 0.141. The molecule has 68 valence electrons. The van der Waals surface area contributed by atoms with Crippen molar-refractivity contribution >= 4 is 21.9 Å². The molecular weight excluding hydrogens is 236 g/mol. The first-order chi connectivity index (χ1) is 6.16. The topological polar surface area (TPSA) is 65.2 Å². The van der Waals surface area contributed by atoms with Gasteiger partial charge in [-0.15, -0.1) is 0 Å². The summed E-state index contributed by atoms with van der Waals surface area (Å²) >= 11 is 3.23. The third-order valence-electron chi connectivity index (χ3n) is 1.64. The van der Waals surface area contributed by atoms with Crippen LogP contribution in [0.15, 0.2) is 25.8 Å². The van der Waals surface area contributed by atoms with Gasteiger partial charge in [-0.25, -0.2) is 4.98 Å². The lowest BCUT2D eigenvalue weighted by Crippen LogP contribution is -1.79. The van der Waals surface area contributed by atoms with E-state index in [0.29, 0.717) is 16.2 Å². The lowest BCUT2D eigenvalue weighted by atomic mass is 10.2. The molecular formula is C8H7BrN2O2. The molecule has 2 aromatic rings. The molecule has 0 bridgehead atoms. The second-order valence-electron chi connectivity index (χ2n) is 2.63. The number of furan rings is 1. The van der Waals surface area contributed by atoms with Crippen LogP contribution in [-0.4, -0.2) is 4.98 Å². The van der Waals surface area contributed by atoms with Crippen molar-refractivity contribution in [3.8, 4) is 11.5 Å². The van der Waals surface area contributed by atoms with Crippen LogP contribution in [0.25, 0.3) is 11.5 Å². The van der Waals surface area contributed by atoms with E-state index in [1.54, 1.807) is 0 Å². The maximum absolute atomic E-state index is 5.34. The molecule has 0 radical (unpaired) electrons. The molecule has 0 unspecified atom stereocenters. The molecule has 0 spiro atoms. The zero-order chi connectivity index (χ0) is 9.42. The van der Waals surface area contributed by atoms with Crippen molar-refractivity contribution in [1.82, 2.24) is 4.98 Å². The Morgan fingerprint density at radius 3 is 2.69 bits per heavy atom. The Labute approximate surface area is 82.9 Å². The summed E-state index contributed by atoms with van der Waals surface area (Å²) in [6.07, 6.45) is 1.54. The van der Waals surface area contributed by atoms with Crippen molar-refractivity contribution in [3.05, 3.63) is 22.5 Å². The van der Waals surface area contributed by atoms with Gasteiger partial charge in [0.2, 0.25) is 0 Å². The van der Waals surface area contributed by atoms with Gasteiger partial charge in [-0.3, -0.25) is 0 Å². The number of nitrogens with zero attached hydrogens (tertiary/aromatic N) is 1. The first-order valence-electron chi connectivity index (χ1n) is 3.64. The highest BCUT2D eigenvalue weighted by Crippen LogP contribution is 2.29. The Balaban J connectivity index is 2.51. The predicted octanol–water partition coefficient (Wildman–Crippen LogP) is 2.59. The van der Waals surface area contributed by atoms with E-state index in [1.165, 1.54) is 6.20 Å². The summed E-state index contributed by atoms with van der Waals surface area (Å²) in [5.74, 6) is 1.19. The molecule has 0 aliphatic heterocycles. The molecule has 0 aliphatic rings. The summed E-state index contributed by atoms with van der Waals surface area (Å²) < 4.78 is 11.1. The SMILES string of the molecule is Cc1cc(Br)oc1-c1cnc(N)o1. The van der Waals surface area contributed by atoms with Crippen molar-refractivity contribution in [3.63, 3.8) is 0 Å². The van der Waals surface area contributed by atoms with Gasteiger partial charge in [0.15, 0.2) is 16.2 Å². The van der Waals surface area contributed by atoms with Gasteiger partial charge < -0.3 is 14.6 Å². The van der Waals surface area contributed by atoms with Crippen LogP contribution >= 0.6 is 15.9 Å². The molecule has 0 aliphatic carbocycles. The van der Waals surface area contributed by atoms with E-state index in [9.17, 15) is 0 Å². The van der Waals surface area contributed by atoms with Crippen LogP contribution in [0.1, 0.15) is 5.56 Å². The molecule has 4 nitrogen and oxygen atoms in total. The van der Waals surface area contributed by atoms with Crippen molar-refractivity contribution in [1.29, 1.82) is 0 Å². The van der Waals surface area contributed by atoms with Crippen LogP contribution in [0, 0.1) is 6.92 Å². The quantitative estimate of drug-likeness (QED) is 0.835. The monoisotopic (exact) mass is 242 g/mol. The van der Waals surface area contributed by atoms with Crippen LogP contribution in [0.4, 0.5) is 6.01 Å². The van der Waals surface area contributed by atoms with E-state index >= 15 is 0 Å². The molecule has 0 aromatic carbocycles. The maximum atomic E-state index is 5.34. The van der Waals surface area contributed by atoms with E-state index in [2.05, 4.69) is 20.9 Å². The first kappa shape index (κ1) is 8.37. The largest absolute Gasteiger partial charge is 0.446 e. The molecule has 2 N–H and O–H groups in total. The average molecular weight is 243 g/mol. The number of nitrogens with two attached hydrogens (primary N) is 1. The number of halogens is 1. The Morgan fingerprint density at radius 2 is 2.23 bits per heavy atom. The third-order valence-corrected chi connectivity index (χ3v) is 2.03. The lowest BCUT2D eigenvalue weighted by Gasteiger charge is -1.90. The van der Waals surface area contributed by atoms with E-state index in [0.717, 1.165) is 5.56 Å². The fourth-order valence-corrected chi connectivity index (χ4v) is 1.59. The van der Waals surface area contributed by atoms with Crippen molar-refractivity contribution in [2.45, 2.75) is 6.92 Å². The molecule has 0 atom stereocenters. The Bertz CT molecular complexity index is 433. The summed E-state index contributed by atoms with van der Waals surface area (Å²) in [6.45, 7) is 1.92. The number of aryl methyl sites for hydroxylation is 1. The Hall–Kier alpha value is -1.23. The Kier molecular flexibility index (Phi) is 1.88. The predicted molar refractivity (Wildman–Crippen MR) is 51.1 cm³/mol. The smallest absolute Gasteiger partial charge is 0.292 e. The van der Waals surface area contributed by atoms with Gasteiger partial charge in [-0.05, 0) is 34.5 Å². The number of nitrogen functional groups attached to an aromatic ring is 1. The maximum Gasteiger partial charge on any atom is 0.292 e. The summed E-state index contributed by atoms with van der Waals surface area (Å²) in [7, 11) is 0. The van der Waals surface area contributed by atoms with Crippen molar-refractivity contribution in [2.75, 3.05) is 5.73 Å². The molecule has 2 heterocycles. The van der Waals surface area contributed by atoms with Gasteiger partial charge in [0.25, 0.3) is 6.01 Å². The highest BCUT2D eigenvalue weighted by Gasteiger charge is 2.12. The standard InChI is InChI=1S/C8H7BrN2O2/c1-4-2-6(9)13-7(4)5-3-11-8(10)12-5/h2-3H,1H3,(H2,10,11). The normalized spacial score (nSPS) is 10.6. The zero-order valence-electron chi connectivity index (χ0n) is 6.87. The number of hydrogen-bond acceptors (Lipinski definition) is 4. The first-order valence-corrected chi connectivity index (χ1v) is 4.43. The van der Waals surface area contributed by atoms with Gasteiger partial charge >= 0.3 is 0 Å². The van der Waals surface area contributed by atoms with Crippen LogP contribution in [0.3, 0.4) is 0 Å². The average Bonchev–Trinajstić information content (AvgIpc) is 2.58. The highest BCUT2D eigenvalue weighted by molar-refractivity contribution is 9.10. The fourth-order valence-electron chi connectivity index (χ4n) is 1.08. The van der Waals surface area contributed by atoms with E-state index < -0.39 is 0 Å². The van der Waals surface area contributed by atoms with E-state index in [4.69, 9.17) is 14.6 Å². The Morgan fingerprint density at radius 1 is 1.46 bits per heavy atom. The number of hydrogen-bond donors (Lipinski definition) is 1. The molecule has 0 amide bonds. The molecule has 5 heteroatoms. The van der Waals surface area contributed by atoms with E-state index in [-0.39, 0.29) is 6.01 Å². The van der Waals surface area contributed by atoms with Crippen LogP contribution in [-0.2, 0) is 0 Å². The summed E-state index contributed by atoms with van der Waals surface area (Å²) in [5.41, 5.74) is 6.32. The van der Waals surface area contributed by atoms with Gasteiger partial charge in [0.05, 0.1) is 6.20 Å². The zero-order valence-corrected chi connectivity index (χ0v) is 8.46. The molecule has 2 rings (SSSR count). The second kappa shape index (κ2) is 2.92. The van der Waals surface area contributed by atoms with Gasteiger partial charge in [0.1, 0.15) is 0 Å². The number of aromatic nitrogens is 1. The number of anilines is 1. The molecule has 2 aromatic heterocycles. The molecule has 0 saturated carbocycles. The van der Waals surface area contributed by atoms with Crippen LogP contribution in [0.5, 0.6) is 0 Å². The van der Waals surface area contributed by atoms with Crippen LogP contribution in [0.2, 0.25) is 0 Å². The minimum Gasteiger partial charge on any atom is -0.446 e. The highest BCUT2D eigenvalue weighted by atomic mass is 79.9. The molecule has 0 saturated heterocycles. The molecule has 13 heavy (non-hydrogen) atoms. The number of rotatable bonds is 1. The molecule has 0 fully saturated rings. The minimum atomic E-state index is 0.141. The number of oxazole rings is 1.